The predicted octanol–water partition coefficient (Wildman–Crippen LogP) is 5.22. The Labute approximate surface area is 172 Å². The smallest absolute Gasteiger partial charge is 0.271 e. The first-order chi connectivity index (χ1) is 14.3. The van der Waals surface area contributed by atoms with E-state index in [9.17, 15) is 4.79 Å². The quantitative estimate of drug-likeness (QED) is 0.566. The fourth-order valence-electron chi connectivity index (χ4n) is 3.12. The van der Waals surface area contributed by atoms with Crippen molar-refractivity contribution in [3.63, 3.8) is 0 Å². The topological polar surface area (TPSA) is 51.1 Å². The van der Waals surface area contributed by atoms with Gasteiger partial charge in [0.25, 0.3) is 5.91 Å². The summed E-state index contributed by atoms with van der Waals surface area (Å²) in [5.74, 6) is 1.30. The monoisotopic (exact) mass is 400 g/mol. The Bertz CT molecular complexity index is 1130. The number of ether oxygens (including phenoxy) is 2. The molecular weight excluding hydrogens is 384 g/mol. The fourth-order valence-corrected chi connectivity index (χ4v) is 4.12. The Morgan fingerprint density at radius 3 is 2.41 bits per heavy atom. The van der Waals surface area contributed by atoms with Crippen molar-refractivity contribution in [2.24, 2.45) is 4.99 Å². The minimum atomic E-state index is -0.103. The number of benzene rings is 3. The number of hydrogen-bond donors (Lipinski definition) is 0. The number of carbonyl (C=O) groups is 1. The Hall–Kier alpha value is -3.51. The maximum Gasteiger partial charge on any atom is 0.271 e. The van der Waals surface area contributed by atoms with Crippen LogP contribution in [-0.4, -0.2) is 17.9 Å². The highest BCUT2D eigenvalue weighted by atomic mass is 32.2. The summed E-state index contributed by atoms with van der Waals surface area (Å²) in [5, 5.41) is 0.624. The van der Waals surface area contributed by atoms with Crippen LogP contribution < -0.4 is 14.4 Å². The molecule has 3 aromatic carbocycles. The summed E-state index contributed by atoms with van der Waals surface area (Å²) in [5.41, 5.74) is 2.46. The molecule has 0 atom stereocenters. The molecule has 142 valence electrons. The predicted molar refractivity (Wildman–Crippen MR) is 116 cm³/mol. The summed E-state index contributed by atoms with van der Waals surface area (Å²) in [6.45, 7) is 0.221. The van der Waals surface area contributed by atoms with E-state index < -0.39 is 0 Å². The molecule has 1 fully saturated rings. The van der Waals surface area contributed by atoms with Gasteiger partial charge in [0, 0.05) is 0 Å². The van der Waals surface area contributed by atoms with E-state index in [2.05, 4.69) is 0 Å². The first-order valence-electron chi connectivity index (χ1n) is 9.10. The first-order valence-corrected chi connectivity index (χ1v) is 9.92. The molecule has 5 nitrogen and oxygen atoms in total. The number of amides is 1. The summed E-state index contributed by atoms with van der Waals surface area (Å²) in [4.78, 5) is 20.2. The second-order valence-corrected chi connectivity index (χ2v) is 7.44. The number of amidine groups is 1. The number of carbonyl (C=O) groups excluding carboxylic acids is 1. The van der Waals surface area contributed by atoms with Crippen molar-refractivity contribution in [2.75, 3.05) is 11.7 Å². The molecule has 2 heterocycles. The maximum absolute atomic E-state index is 13.2. The number of nitrogens with zero attached hydrogens (tertiary/aromatic N) is 2. The Morgan fingerprint density at radius 2 is 1.62 bits per heavy atom. The molecule has 0 radical (unpaired) electrons. The van der Waals surface area contributed by atoms with Gasteiger partial charge >= 0.3 is 0 Å². The Balaban J connectivity index is 1.54. The van der Waals surface area contributed by atoms with Gasteiger partial charge < -0.3 is 9.47 Å². The third-order valence-electron chi connectivity index (χ3n) is 4.50. The van der Waals surface area contributed by atoms with Crippen LogP contribution in [0, 0.1) is 0 Å². The van der Waals surface area contributed by atoms with E-state index >= 15 is 0 Å². The van der Waals surface area contributed by atoms with Gasteiger partial charge in [0.05, 0.1) is 16.3 Å². The zero-order valence-electron chi connectivity index (χ0n) is 15.3. The molecule has 1 amide bonds. The standard InChI is InChI=1S/C23H16N2O3S/c26-22-21(14-16-11-12-19-20(13-16)28-15-27-19)29-23(24-17-7-3-1-4-8-17)25(22)18-9-5-2-6-10-18/h1-14H,15H2. The van der Waals surface area contributed by atoms with Crippen LogP contribution in [0.25, 0.3) is 6.08 Å². The molecule has 3 aromatic rings. The highest BCUT2D eigenvalue weighted by Gasteiger charge is 2.34. The van der Waals surface area contributed by atoms with Crippen LogP contribution in [0.4, 0.5) is 11.4 Å². The number of aliphatic imine (C=N–C) groups is 1. The number of anilines is 1. The number of fused-ring (bicyclic) bond motifs is 1. The highest BCUT2D eigenvalue weighted by Crippen LogP contribution is 2.39. The van der Waals surface area contributed by atoms with E-state index in [1.807, 2.05) is 84.9 Å². The lowest BCUT2D eigenvalue weighted by Gasteiger charge is -2.15. The summed E-state index contributed by atoms with van der Waals surface area (Å²) < 4.78 is 10.8. The molecule has 0 aromatic heterocycles. The van der Waals surface area contributed by atoms with Crippen LogP contribution in [0.5, 0.6) is 11.5 Å². The lowest BCUT2D eigenvalue weighted by molar-refractivity contribution is -0.113. The average molecular weight is 400 g/mol. The van der Waals surface area contributed by atoms with E-state index in [0.717, 1.165) is 22.7 Å². The molecule has 0 aliphatic carbocycles. The highest BCUT2D eigenvalue weighted by molar-refractivity contribution is 8.19. The van der Waals surface area contributed by atoms with Gasteiger partial charge in [-0.2, -0.15) is 0 Å². The van der Waals surface area contributed by atoms with Crippen LogP contribution >= 0.6 is 11.8 Å². The SMILES string of the molecule is O=C1C(=Cc2ccc3c(c2)OCO3)SC(=Nc2ccccc2)N1c1ccccc1. The van der Waals surface area contributed by atoms with E-state index in [4.69, 9.17) is 14.5 Å². The minimum Gasteiger partial charge on any atom is -0.454 e. The van der Waals surface area contributed by atoms with Crippen molar-refractivity contribution < 1.29 is 14.3 Å². The van der Waals surface area contributed by atoms with Crippen LogP contribution in [-0.2, 0) is 4.79 Å². The van der Waals surface area contributed by atoms with Crippen molar-refractivity contribution in [1.82, 2.24) is 0 Å². The molecule has 0 saturated carbocycles. The molecular formula is C23H16N2O3S. The summed E-state index contributed by atoms with van der Waals surface area (Å²) >= 11 is 1.36. The number of para-hydroxylation sites is 2. The van der Waals surface area contributed by atoms with E-state index in [-0.39, 0.29) is 12.7 Å². The number of rotatable bonds is 3. The maximum atomic E-state index is 13.2. The third-order valence-corrected chi connectivity index (χ3v) is 5.46. The Morgan fingerprint density at radius 1 is 0.897 bits per heavy atom. The molecule has 2 aliphatic rings. The molecule has 6 heteroatoms. The molecule has 0 N–H and O–H groups in total. The van der Waals surface area contributed by atoms with Crippen molar-refractivity contribution in [1.29, 1.82) is 0 Å². The van der Waals surface area contributed by atoms with Gasteiger partial charge in [-0.15, -0.1) is 0 Å². The zero-order chi connectivity index (χ0) is 19.6. The average Bonchev–Trinajstić information content (AvgIpc) is 3.34. The van der Waals surface area contributed by atoms with Gasteiger partial charge in [0.1, 0.15) is 0 Å². The second-order valence-electron chi connectivity index (χ2n) is 6.43. The minimum absolute atomic E-state index is 0.103. The third kappa shape index (κ3) is 3.50. The van der Waals surface area contributed by atoms with Crippen molar-refractivity contribution in [3.05, 3.63) is 89.3 Å². The zero-order valence-corrected chi connectivity index (χ0v) is 16.1. The van der Waals surface area contributed by atoms with Crippen LogP contribution in [0.2, 0.25) is 0 Å². The van der Waals surface area contributed by atoms with E-state index in [1.165, 1.54) is 11.8 Å². The lowest BCUT2D eigenvalue weighted by Crippen LogP contribution is -2.28. The van der Waals surface area contributed by atoms with E-state index in [1.54, 1.807) is 4.90 Å². The largest absolute Gasteiger partial charge is 0.454 e. The molecule has 5 rings (SSSR count). The normalized spacial score (nSPS) is 18.1. The lowest BCUT2D eigenvalue weighted by atomic mass is 10.2. The first kappa shape index (κ1) is 17.6. The van der Waals surface area contributed by atoms with Gasteiger partial charge in [-0.3, -0.25) is 9.69 Å². The summed E-state index contributed by atoms with van der Waals surface area (Å²) in [6, 6.07) is 24.8. The fraction of sp³-hybridized carbons (Fsp3) is 0.0435. The van der Waals surface area contributed by atoms with Crippen LogP contribution in [0.1, 0.15) is 5.56 Å². The molecule has 0 unspecified atom stereocenters. The molecule has 29 heavy (non-hydrogen) atoms. The van der Waals surface area contributed by atoms with Crippen LogP contribution in [0.3, 0.4) is 0 Å². The molecule has 1 saturated heterocycles. The number of thioether (sulfide) groups is 1. The molecule has 0 bridgehead atoms. The van der Waals surface area contributed by atoms with Crippen molar-refractivity contribution >= 4 is 40.3 Å². The van der Waals surface area contributed by atoms with Gasteiger partial charge in [-0.1, -0.05) is 42.5 Å². The van der Waals surface area contributed by atoms with Gasteiger partial charge in [-0.25, -0.2) is 4.99 Å². The molecule has 0 spiro atoms. The molecule has 2 aliphatic heterocycles. The van der Waals surface area contributed by atoms with Crippen molar-refractivity contribution in [3.8, 4) is 11.5 Å². The van der Waals surface area contributed by atoms with Gasteiger partial charge in [0.2, 0.25) is 6.79 Å². The number of hydrogen-bond acceptors (Lipinski definition) is 5. The van der Waals surface area contributed by atoms with Gasteiger partial charge in [-0.05, 0) is 59.8 Å². The van der Waals surface area contributed by atoms with E-state index in [0.29, 0.717) is 15.8 Å². The Kier molecular flexibility index (Phi) is 4.54. The summed E-state index contributed by atoms with van der Waals surface area (Å²) in [7, 11) is 0. The second kappa shape index (κ2) is 7.48. The van der Waals surface area contributed by atoms with Gasteiger partial charge in [0.15, 0.2) is 16.7 Å². The summed E-state index contributed by atoms with van der Waals surface area (Å²) in [6.07, 6.45) is 1.86. The van der Waals surface area contributed by atoms with Crippen molar-refractivity contribution in [2.45, 2.75) is 0 Å². The van der Waals surface area contributed by atoms with Crippen LogP contribution in [0.15, 0.2) is 88.8 Å².